The predicted octanol–water partition coefficient (Wildman–Crippen LogP) is 1.35. The zero-order valence-corrected chi connectivity index (χ0v) is 15.7. The molecule has 1 fully saturated rings. The number of rotatable bonds is 7. The van der Waals surface area contributed by atoms with E-state index in [-0.39, 0.29) is 24.8 Å². The Kier molecular flexibility index (Phi) is 6.74. The number of esters is 1. The molecule has 0 aromatic heterocycles. The number of methoxy groups -OCH3 is 1. The molecular formula is C19H26N2O5. The molecule has 1 aliphatic heterocycles. The fourth-order valence-corrected chi connectivity index (χ4v) is 2.87. The van der Waals surface area contributed by atoms with Crippen LogP contribution in [-0.2, 0) is 23.9 Å². The second-order valence-corrected chi connectivity index (χ2v) is 6.49. The topological polar surface area (TPSA) is 84.9 Å². The number of hydrogen-bond acceptors (Lipinski definition) is 5. The van der Waals surface area contributed by atoms with E-state index in [9.17, 15) is 14.4 Å². The molecule has 7 nitrogen and oxygen atoms in total. The number of aryl methyl sites for hydroxylation is 1. The van der Waals surface area contributed by atoms with Crippen molar-refractivity contribution in [3.05, 3.63) is 29.3 Å². The molecule has 2 atom stereocenters. The normalized spacial score (nSPS) is 17.9. The molecular weight excluding hydrogens is 336 g/mol. The van der Waals surface area contributed by atoms with Gasteiger partial charge in [-0.2, -0.15) is 0 Å². The van der Waals surface area contributed by atoms with E-state index in [1.807, 2.05) is 32.0 Å². The molecule has 2 rings (SSSR count). The average Bonchev–Trinajstić information content (AvgIpc) is 2.99. The number of nitrogens with one attached hydrogen (secondary N) is 1. The monoisotopic (exact) mass is 362 g/mol. The number of nitrogens with zero attached hydrogens (tertiary/aromatic N) is 1. The smallest absolute Gasteiger partial charge is 0.312 e. The van der Waals surface area contributed by atoms with Crippen LogP contribution in [0.5, 0.6) is 0 Å². The van der Waals surface area contributed by atoms with E-state index >= 15 is 0 Å². The largest absolute Gasteiger partial charge is 0.452 e. The van der Waals surface area contributed by atoms with Crippen molar-refractivity contribution in [1.82, 2.24) is 5.32 Å². The molecule has 0 spiro atoms. The van der Waals surface area contributed by atoms with Crippen molar-refractivity contribution in [2.24, 2.45) is 5.92 Å². The summed E-state index contributed by atoms with van der Waals surface area (Å²) in [6.45, 7) is 6.44. The Morgan fingerprint density at radius 3 is 2.77 bits per heavy atom. The van der Waals surface area contributed by atoms with Crippen molar-refractivity contribution < 1.29 is 23.9 Å². The van der Waals surface area contributed by atoms with E-state index in [2.05, 4.69) is 5.32 Å². The zero-order chi connectivity index (χ0) is 19.3. The second kappa shape index (κ2) is 8.80. The van der Waals surface area contributed by atoms with Crippen LogP contribution in [0.3, 0.4) is 0 Å². The molecule has 142 valence electrons. The van der Waals surface area contributed by atoms with Gasteiger partial charge in [-0.05, 0) is 38.0 Å². The standard InChI is InChI=1S/C19H26N2O5/c1-12-6-5-7-16(13(12)2)21-11-15(10-17(21)22)19(24)26-14(3)18(23)20-8-9-25-4/h5-7,14-15H,8-11H2,1-4H3,(H,20,23)/t14-,15+/m0/s1. The lowest BCUT2D eigenvalue weighted by Gasteiger charge is -2.20. The summed E-state index contributed by atoms with van der Waals surface area (Å²) in [7, 11) is 1.54. The number of benzene rings is 1. The van der Waals surface area contributed by atoms with E-state index in [1.165, 1.54) is 14.0 Å². The summed E-state index contributed by atoms with van der Waals surface area (Å²) >= 11 is 0. The SMILES string of the molecule is COCCNC(=O)[C@H](C)OC(=O)[C@@H]1CC(=O)N(c2cccc(C)c2C)C1. The van der Waals surface area contributed by atoms with Crippen LogP contribution in [0.2, 0.25) is 0 Å². The van der Waals surface area contributed by atoms with Gasteiger partial charge in [-0.15, -0.1) is 0 Å². The summed E-state index contributed by atoms with van der Waals surface area (Å²) in [6, 6.07) is 5.75. The Hall–Kier alpha value is -2.41. The van der Waals surface area contributed by atoms with Gasteiger partial charge >= 0.3 is 5.97 Å². The molecule has 1 aromatic carbocycles. The lowest BCUT2D eigenvalue weighted by Crippen LogP contribution is -2.38. The summed E-state index contributed by atoms with van der Waals surface area (Å²) in [4.78, 5) is 38.2. The third kappa shape index (κ3) is 4.60. The number of amides is 2. The Morgan fingerprint density at radius 2 is 2.08 bits per heavy atom. The third-order valence-corrected chi connectivity index (χ3v) is 4.59. The molecule has 1 N–H and O–H groups in total. The van der Waals surface area contributed by atoms with Crippen LogP contribution < -0.4 is 10.2 Å². The number of carbonyl (C=O) groups excluding carboxylic acids is 3. The van der Waals surface area contributed by atoms with Crippen molar-refractivity contribution in [2.45, 2.75) is 33.3 Å². The minimum atomic E-state index is -0.913. The van der Waals surface area contributed by atoms with Crippen molar-refractivity contribution in [3.8, 4) is 0 Å². The molecule has 1 aliphatic rings. The molecule has 0 aliphatic carbocycles. The maximum absolute atomic E-state index is 12.4. The lowest BCUT2D eigenvalue weighted by molar-refractivity contribution is -0.158. The molecule has 1 aromatic rings. The summed E-state index contributed by atoms with van der Waals surface area (Å²) in [5.41, 5.74) is 2.92. The highest BCUT2D eigenvalue weighted by Gasteiger charge is 2.37. The van der Waals surface area contributed by atoms with Crippen LogP contribution in [-0.4, -0.2) is 50.7 Å². The van der Waals surface area contributed by atoms with Crippen LogP contribution in [0, 0.1) is 19.8 Å². The molecule has 0 bridgehead atoms. The summed E-state index contributed by atoms with van der Waals surface area (Å²) in [5.74, 6) is -1.60. The molecule has 26 heavy (non-hydrogen) atoms. The second-order valence-electron chi connectivity index (χ2n) is 6.49. The van der Waals surface area contributed by atoms with Crippen molar-refractivity contribution in [1.29, 1.82) is 0 Å². The number of carbonyl (C=O) groups is 3. The maximum Gasteiger partial charge on any atom is 0.312 e. The third-order valence-electron chi connectivity index (χ3n) is 4.59. The van der Waals surface area contributed by atoms with E-state index in [0.717, 1.165) is 16.8 Å². The Balaban J connectivity index is 1.96. The van der Waals surface area contributed by atoms with E-state index in [0.29, 0.717) is 13.2 Å². The summed E-state index contributed by atoms with van der Waals surface area (Å²) < 4.78 is 10.1. The number of anilines is 1. The average molecular weight is 362 g/mol. The van der Waals surface area contributed by atoms with Gasteiger partial charge in [-0.3, -0.25) is 14.4 Å². The van der Waals surface area contributed by atoms with Crippen molar-refractivity contribution >= 4 is 23.5 Å². The first-order chi connectivity index (χ1) is 12.3. The van der Waals surface area contributed by atoms with E-state index in [4.69, 9.17) is 9.47 Å². The van der Waals surface area contributed by atoms with Crippen LogP contribution in [0.1, 0.15) is 24.5 Å². The number of ether oxygens (including phenoxy) is 2. The van der Waals surface area contributed by atoms with Crippen LogP contribution in [0.25, 0.3) is 0 Å². The predicted molar refractivity (Wildman–Crippen MR) is 96.8 cm³/mol. The zero-order valence-electron chi connectivity index (χ0n) is 15.7. The molecule has 0 unspecified atom stereocenters. The number of hydrogen-bond donors (Lipinski definition) is 1. The van der Waals surface area contributed by atoms with Gasteiger partial charge in [0.25, 0.3) is 5.91 Å². The van der Waals surface area contributed by atoms with Gasteiger partial charge in [0.15, 0.2) is 6.10 Å². The molecule has 0 radical (unpaired) electrons. The Labute approximate surface area is 153 Å². The fraction of sp³-hybridized carbons (Fsp3) is 0.526. The highest BCUT2D eigenvalue weighted by molar-refractivity contribution is 6.00. The molecule has 1 heterocycles. The Bertz CT molecular complexity index is 689. The van der Waals surface area contributed by atoms with Gasteiger partial charge in [0.05, 0.1) is 12.5 Å². The first-order valence-corrected chi connectivity index (χ1v) is 8.68. The van der Waals surface area contributed by atoms with Crippen LogP contribution in [0.15, 0.2) is 18.2 Å². The van der Waals surface area contributed by atoms with Gasteiger partial charge in [0.1, 0.15) is 0 Å². The van der Waals surface area contributed by atoms with Crippen molar-refractivity contribution in [3.63, 3.8) is 0 Å². The molecule has 0 saturated carbocycles. The van der Waals surface area contributed by atoms with Gasteiger partial charge in [-0.25, -0.2) is 0 Å². The van der Waals surface area contributed by atoms with Crippen molar-refractivity contribution in [2.75, 3.05) is 31.7 Å². The van der Waals surface area contributed by atoms with Gasteiger partial charge in [-0.1, -0.05) is 12.1 Å². The highest BCUT2D eigenvalue weighted by atomic mass is 16.5. The van der Waals surface area contributed by atoms with E-state index in [1.54, 1.807) is 4.90 Å². The molecule has 1 saturated heterocycles. The lowest BCUT2D eigenvalue weighted by atomic mass is 10.1. The van der Waals surface area contributed by atoms with Crippen LogP contribution >= 0.6 is 0 Å². The van der Waals surface area contributed by atoms with E-state index < -0.39 is 18.0 Å². The maximum atomic E-state index is 12.4. The minimum Gasteiger partial charge on any atom is -0.452 e. The Morgan fingerprint density at radius 1 is 1.35 bits per heavy atom. The van der Waals surface area contributed by atoms with Crippen LogP contribution in [0.4, 0.5) is 5.69 Å². The first kappa shape index (κ1) is 19.9. The molecule has 2 amide bonds. The first-order valence-electron chi connectivity index (χ1n) is 8.68. The van der Waals surface area contributed by atoms with Gasteiger partial charge in [0.2, 0.25) is 5.91 Å². The summed E-state index contributed by atoms with van der Waals surface area (Å²) in [5, 5.41) is 2.62. The quantitative estimate of drug-likeness (QED) is 0.585. The fourth-order valence-electron chi connectivity index (χ4n) is 2.87. The highest BCUT2D eigenvalue weighted by Crippen LogP contribution is 2.30. The minimum absolute atomic E-state index is 0.0875. The summed E-state index contributed by atoms with van der Waals surface area (Å²) in [6.07, 6.45) is -0.825. The molecule has 7 heteroatoms. The van der Waals surface area contributed by atoms with Gasteiger partial charge in [0, 0.05) is 32.3 Å². The van der Waals surface area contributed by atoms with Gasteiger partial charge < -0.3 is 19.7 Å².